The van der Waals surface area contributed by atoms with Gasteiger partial charge in [-0.25, -0.2) is 0 Å². The first-order valence-electron chi connectivity index (χ1n) is 7.38. The molecule has 0 aromatic rings. The average molecular weight is 268 g/mol. The maximum atomic E-state index is 4.59. The number of hydrogen-bond acceptors (Lipinski definition) is 3. The van der Waals surface area contributed by atoms with Gasteiger partial charge in [0.1, 0.15) is 0 Å². The van der Waals surface area contributed by atoms with Gasteiger partial charge in [-0.1, -0.05) is 33.6 Å². The average Bonchev–Trinajstić information content (AvgIpc) is 2.80. The SMILES string of the molecule is CC(C)(CS)C1(C)CCCCC2C=NNC2CC1. The molecule has 0 saturated heterocycles. The van der Waals surface area contributed by atoms with Crippen molar-refractivity contribution in [3.63, 3.8) is 0 Å². The van der Waals surface area contributed by atoms with E-state index in [0.29, 0.717) is 22.8 Å². The third-order valence-corrected chi connectivity index (χ3v) is 6.37. The van der Waals surface area contributed by atoms with Crippen molar-refractivity contribution in [2.24, 2.45) is 21.8 Å². The Labute approximate surface area is 117 Å². The molecular formula is C15H28N2S. The summed E-state index contributed by atoms with van der Waals surface area (Å²) in [6.07, 6.45) is 10.0. The van der Waals surface area contributed by atoms with Gasteiger partial charge in [-0.2, -0.15) is 17.7 Å². The highest BCUT2D eigenvalue weighted by atomic mass is 32.1. The van der Waals surface area contributed by atoms with Gasteiger partial charge in [0.25, 0.3) is 0 Å². The molecule has 2 rings (SSSR count). The Morgan fingerprint density at radius 3 is 2.83 bits per heavy atom. The van der Waals surface area contributed by atoms with E-state index in [9.17, 15) is 0 Å². The molecule has 0 bridgehead atoms. The number of rotatable bonds is 2. The number of nitrogens with zero attached hydrogens (tertiary/aromatic N) is 1. The summed E-state index contributed by atoms with van der Waals surface area (Å²) in [4.78, 5) is 0. The highest BCUT2D eigenvalue weighted by Crippen LogP contribution is 2.48. The molecule has 0 spiro atoms. The van der Waals surface area contributed by atoms with Gasteiger partial charge in [-0.3, -0.25) is 0 Å². The van der Waals surface area contributed by atoms with Gasteiger partial charge in [0.2, 0.25) is 0 Å². The van der Waals surface area contributed by atoms with E-state index in [1.807, 2.05) is 0 Å². The lowest BCUT2D eigenvalue weighted by atomic mass is 9.62. The maximum Gasteiger partial charge on any atom is 0.0518 e. The van der Waals surface area contributed by atoms with Crippen molar-refractivity contribution >= 4 is 18.8 Å². The van der Waals surface area contributed by atoms with Crippen LogP contribution >= 0.6 is 12.6 Å². The molecule has 1 heterocycles. The van der Waals surface area contributed by atoms with E-state index in [1.54, 1.807) is 0 Å². The largest absolute Gasteiger partial charge is 0.307 e. The van der Waals surface area contributed by atoms with Crippen molar-refractivity contribution in [1.29, 1.82) is 0 Å². The highest BCUT2D eigenvalue weighted by molar-refractivity contribution is 7.80. The zero-order valence-corrected chi connectivity index (χ0v) is 13.0. The molecule has 3 atom stereocenters. The summed E-state index contributed by atoms with van der Waals surface area (Å²) in [7, 11) is 0. The van der Waals surface area contributed by atoms with Gasteiger partial charge in [0, 0.05) is 12.1 Å². The first kappa shape index (κ1) is 14.2. The van der Waals surface area contributed by atoms with Crippen LogP contribution in [0.4, 0.5) is 0 Å². The molecule has 0 radical (unpaired) electrons. The van der Waals surface area contributed by atoms with Crippen LogP contribution in [0.25, 0.3) is 0 Å². The van der Waals surface area contributed by atoms with Crippen LogP contribution in [0.1, 0.15) is 59.3 Å². The molecule has 1 aliphatic carbocycles. The van der Waals surface area contributed by atoms with Crippen molar-refractivity contribution in [3.8, 4) is 0 Å². The Kier molecular flexibility index (Phi) is 4.30. The Morgan fingerprint density at radius 1 is 1.33 bits per heavy atom. The van der Waals surface area contributed by atoms with Crippen LogP contribution < -0.4 is 5.43 Å². The molecule has 0 aromatic heterocycles. The number of fused-ring (bicyclic) bond motifs is 1. The summed E-state index contributed by atoms with van der Waals surface area (Å²) < 4.78 is 0. The van der Waals surface area contributed by atoms with Gasteiger partial charge in [-0.15, -0.1) is 0 Å². The number of hydrazone groups is 1. The molecule has 3 unspecified atom stereocenters. The molecular weight excluding hydrogens is 240 g/mol. The van der Waals surface area contributed by atoms with Crippen molar-refractivity contribution in [1.82, 2.24) is 5.43 Å². The van der Waals surface area contributed by atoms with Crippen molar-refractivity contribution in [2.75, 3.05) is 5.75 Å². The summed E-state index contributed by atoms with van der Waals surface area (Å²) in [5, 5.41) is 4.28. The first-order chi connectivity index (χ1) is 8.48. The normalized spacial score (nSPS) is 37.3. The molecule has 1 aliphatic heterocycles. The number of nitrogens with one attached hydrogen (secondary N) is 1. The molecule has 1 fully saturated rings. The topological polar surface area (TPSA) is 24.4 Å². The Bertz CT molecular complexity index is 314. The Hall–Kier alpha value is -0.180. The molecule has 3 heteroatoms. The lowest BCUT2D eigenvalue weighted by molar-refractivity contribution is 0.0825. The minimum Gasteiger partial charge on any atom is -0.307 e. The summed E-state index contributed by atoms with van der Waals surface area (Å²) >= 11 is 4.59. The summed E-state index contributed by atoms with van der Waals surface area (Å²) in [6, 6.07) is 0.582. The van der Waals surface area contributed by atoms with E-state index in [-0.39, 0.29) is 0 Å². The van der Waals surface area contributed by atoms with Gasteiger partial charge < -0.3 is 5.43 Å². The van der Waals surface area contributed by atoms with E-state index < -0.39 is 0 Å². The van der Waals surface area contributed by atoms with E-state index in [0.717, 1.165) is 5.75 Å². The number of hydrogen-bond donors (Lipinski definition) is 2. The minimum atomic E-state index is 0.315. The highest BCUT2D eigenvalue weighted by Gasteiger charge is 2.41. The van der Waals surface area contributed by atoms with Crippen LogP contribution in [0.2, 0.25) is 0 Å². The molecule has 0 amide bonds. The third-order valence-electron chi connectivity index (χ3n) is 5.58. The lowest BCUT2D eigenvalue weighted by Gasteiger charge is -2.44. The Morgan fingerprint density at radius 2 is 2.11 bits per heavy atom. The van der Waals surface area contributed by atoms with Crippen molar-refractivity contribution in [2.45, 2.75) is 65.3 Å². The van der Waals surface area contributed by atoms with Crippen LogP contribution in [0, 0.1) is 16.7 Å². The molecule has 1 N–H and O–H groups in total. The summed E-state index contributed by atoms with van der Waals surface area (Å²) in [6.45, 7) is 7.24. The molecule has 1 saturated carbocycles. The second-order valence-corrected chi connectivity index (χ2v) is 7.38. The van der Waals surface area contributed by atoms with Crippen LogP contribution in [-0.2, 0) is 0 Å². The summed E-state index contributed by atoms with van der Waals surface area (Å²) in [5.41, 5.74) is 4.04. The zero-order valence-electron chi connectivity index (χ0n) is 12.1. The van der Waals surface area contributed by atoms with E-state index in [2.05, 4.69) is 50.1 Å². The van der Waals surface area contributed by atoms with Crippen LogP contribution in [0.3, 0.4) is 0 Å². The van der Waals surface area contributed by atoms with Gasteiger partial charge in [-0.05, 0) is 42.3 Å². The van der Waals surface area contributed by atoms with Crippen LogP contribution in [-0.4, -0.2) is 18.0 Å². The second-order valence-electron chi connectivity index (χ2n) is 7.06. The molecule has 18 heavy (non-hydrogen) atoms. The smallest absolute Gasteiger partial charge is 0.0518 e. The van der Waals surface area contributed by atoms with Crippen molar-refractivity contribution < 1.29 is 0 Å². The van der Waals surface area contributed by atoms with Crippen LogP contribution in [0.15, 0.2) is 5.10 Å². The zero-order chi connectivity index (χ0) is 13.2. The van der Waals surface area contributed by atoms with Crippen molar-refractivity contribution in [3.05, 3.63) is 0 Å². The Balaban J connectivity index is 2.09. The molecule has 104 valence electrons. The van der Waals surface area contributed by atoms with E-state index in [4.69, 9.17) is 0 Å². The quantitative estimate of drug-likeness (QED) is 0.730. The number of thiol groups is 1. The molecule has 0 aromatic carbocycles. The van der Waals surface area contributed by atoms with Gasteiger partial charge >= 0.3 is 0 Å². The van der Waals surface area contributed by atoms with Gasteiger partial charge in [0.05, 0.1) is 6.04 Å². The van der Waals surface area contributed by atoms with E-state index in [1.165, 1.54) is 38.5 Å². The molecule has 2 nitrogen and oxygen atoms in total. The van der Waals surface area contributed by atoms with Gasteiger partial charge in [0.15, 0.2) is 0 Å². The monoisotopic (exact) mass is 268 g/mol. The predicted molar refractivity (Wildman–Crippen MR) is 82.3 cm³/mol. The lowest BCUT2D eigenvalue weighted by Crippen LogP contribution is -2.38. The van der Waals surface area contributed by atoms with E-state index >= 15 is 0 Å². The fraction of sp³-hybridized carbons (Fsp3) is 0.933. The molecule has 2 aliphatic rings. The fourth-order valence-electron chi connectivity index (χ4n) is 3.35. The van der Waals surface area contributed by atoms with Crippen LogP contribution in [0.5, 0.6) is 0 Å². The standard InChI is InChI=1S/C15H28N2S/c1-14(2,11-18)15(3)8-5-4-6-12-10-16-17-13(12)7-9-15/h10,12-13,17-18H,4-9,11H2,1-3H3. The first-order valence-corrected chi connectivity index (χ1v) is 8.01. The predicted octanol–water partition coefficient (Wildman–Crippen LogP) is 3.88. The second kappa shape index (κ2) is 5.44. The fourth-order valence-corrected chi connectivity index (χ4v) is 3.73. The maximum absolute atomic E-state index is 4.59. The third kappa shape index (κ3) is 2.71. The minimum absolute atomic E-state index is 0.315. The summed E-state index contributed by atoms with van der Waals surface area (Å²) in [5.74, 6) is 1.65.